The molecule has 0 saturated carbocycles. The number of hydrogen-bond donors (Lipinski definition) is 2. The Morgan fingerprint density at radius 3 is 2.54 bits per heavy atom. The third-order valence-corrected chi connectivity index (χ3v) is 4.02. The Bertz CT molecular complexity index is 687. The van der Waals surface area contributed by atoms with Crippen LogP contribution in [0.25, 0.3) is 0 Å². The largest absolute Gasteiger partial charge is 0.479 e. The number of aromatic amines is 1. The van der Waals surface area contributed by atoms with Gasteiger partial charge in [-0.25, -0.2) is 4.79 Å². The lowest BCUT2D eigenvalue weighted by atomic mass is 10.1. The van der Waals surface area contributed by atoms with Crippen LogP contribution in [0.2, 0.25) is 0 Å². The van der Waals surface area contributed by atoms with Crippen molar-refractivity contribution in [3.05, 3.63) is 53.9 Å². The number of nitrogens with one attached hydrogen (secondary N) is 1. The second-order valence-corrected chi connectivity index (χ2v) is 5.79. The molecule has 0 unspecified atom stereocenters. The predicted octanol–water partition coefficient (Wildman–Crippen LogP) is 1.57. The van der Waals surface area contributed by atoms with E-state index in [4.69, 9.17) is 9.84 Å². The van der Waals surface area contributed by atoms with Gasteiger partial charge in [-0.05, 0) is 24.5 Å². The van der Waals surface area contributed by atoms with Gasteiger partial charge in [0.1, 0.15) is 6.10 Å². The summed E-state index contributed by atoms with van der Waals surface area (Å²) in [6, 6.07) is 11.5. The maximum absolute atomic E-state index is 12.8. The number of carboxylic acids is 1. The van der Waals surface area contributed by atoms with Crippen LogP contribution in [0.5, 0.6) is 0 Å². The lowest BCUT2D eigenvalue weighted by molar-refractivity contribution is -0.155. The van der Waals surface area contributed by atoms with Crippen molar-refractivity contribution in [2.75, 3.05) is 0 Å². The van der Waals surface area contributed by atoms with Crippen molar-refractivity contribution >= 4 is 11.9 Å². The lowest BCUT2D eigenvalue weighted by Crippen LogP contribution is -2.39. The average molecular weight is 329 g/mol. The number of ether oxygens (including phenoxy) is 1. The van der Waals surface area contributed by atoms with Crippen LogP contribution in [0, 0.1) is 0 Å². The summed E-state index contributed by atoms with van der Waals surface area (Å²) < 4.78 is 5.41. The van der Waals surface area contributed by atoms with E-state index in [1.165, 1.54) is 0 Å². The van der Waals surface area contributed by atoms with E-state index < -0.39 is 18.2 Å². The molecule has 1 aromatic heterocycles. The Hall–Kier alpha value is -2.67. The number of benzene rings is 1. The molecule has 0 spiro atoms. The Kier molecular flexibility index (Phi) is 4.90. The quantitative estimate of drug-likeness (QED) is 0.839. The predicted molar refractivity (Wildman–Crippen MR) is 84.8 cm³/mol. The Balaban J connectivity index is 1.73. The highest BCUT2D eigenvalue weighted by atomic mass is 16.5. The van der Waals surface area contributed by atoms with Gasteiger partial charge in [0.05, 0.1) is 12.2 Å². The molecular formula is C17H19N3O4. The van der Waals surface area contributed by atoms with Gasteiger partial charge in [-0.1, -0.05) is 30.3 Å². The first-order valence-electron chi connectivity index (χ1n) is 7.82. The molecular weight excluding hydrogens is 310 g/mol. The number of carbonyl (C=O) groups excluding carboxylic acids is 1. The number of aromatic nitrogens is 2. The number of carboxylic acid groups (broad SMARTS) is 1. The highest BCUT2D eigenvalue weighted by Crippen LogP contribution is 2.23. The molecule has 0 bridgehead atoms. The first kappa shape index (κ1) is 16.2. The molecule has 7 nitrogen and oxygen atoms in total. The minimum absolute atomic E-state index is 0.197. The third kappa shape index (κ3) is 3.80. The van der Waals surface area contributed by atoms with Crippen LogP contribution in [-0.4, -0.2) is 44.3 Å². The minimum Gasteiger partial charge on any atom is -0.479 e. The summed E-state index contributed by atoms with van der Waals surface area (Å²) in [6.07, 6.45) is 0.800. The van der Waals surface area contributed by atoms with Crippen LogP contribution in [0.3, 0.4) is 0 Å². The topological polar surface area (TPSA) is 95.5 Å². The van der Waals surface area contributed by atoms with E-state index in [9.17, 15) is 9.59 Å². The summed E-state index contributed by atoms with van der Waals surface area (Å²) in [5, 5.41) is 15.8. The minimum atomic E-state index is -1.02. The summed E-state index contributed by atoms with van der Waals surface area (Å²) in [4.78, 5) is 25.5. The van der Waals surface area contributed by atoms with Crippen molar-refractivity contribution in [2.24, 2.45) is 0 Å². The Morgan fingerprint density at radius 2 is 1.92 bits per heavy atom. The van der Waals surface area contributed by atoms with Gasteiger partial charge in [-0.2, -0.15) is 5.10 Å². The van der Waals surface area contributed by atoms with E-state index >= 15 is 0 Å². The third-order valence-electron chi connectivity index (χ3n) is 4.02. The Labute approximate surface area is 139 Å². The van der Waals surface area contributed by atoms with Crippen molar-refractivity contribution in [3.8, 4) is 0 Å². The van der Waals surface area contributed by atoms with E-state index in [0.717, 1.165) is 11.3 Å². The van der Waals surface area contributed by atoms with Crippen LogP contribution >= 0.6 is 0 Å². The van der Waals surface area contributed by atoms with Gasteiger partial charge < -0.3 is 14.7 Å². The average Bonchev–Trinajstić information content (AvgIpc) is 3.26. The van der Waals surface area contributed by atoms with Crippen molar-refractivity contribution in [2.45, 2.75) is 38.1 Å². The number of nitrogens with zero attached hydrogens (tertiary/aromatic N) is 2. The first-order chi connectivity index (χ1) is 11.6. The lowest BCUT2D eigenvalue weighted by Gasteiger charge is -2.25. The van der Waals surface area contributed by atoms with Gasteiger partial charge in [-0.15, -0.1) is 0 Å². The summed E-state index contributed by atoms with van der Waals surface area (Å²) in [5.41, 5.74) is 1.81. The molecule has 3 rings (SSSR count). The highest BCUT2D eigenvalue weighted by molar-refractivity contribution is 5.82. The van der Waals surface area contributed by atoms with Crippen molar-refractivity contribution < 1.29 is 19.4 Å². The number of carbonyl (C=O) groups is 2. The second kappa shape index (κ2) is 7.27. The smallest absolute Gasteiger partial charge is 0.332 e. The van der Waals surface area contributed by atoms with Gasteiger partial charge in [-0.3, -0.25) is 9.89 Å². The fraction of sp³-hybridized carbons (Fsp3) is 0.353. The number of aliphatic carboxylic acids is 1. The zero-order valence-electron chi connectivity index (χ0n) is 13.1. The molecule has 7 heteroatoms. The van der Waals surface area contributed by atoms with E-state index in [2.05, 4.69) is 10.2 Å². The number of hydrogen-bond acceptors (Lipinski definition) is 4. The summed E-state index contributed by atoms with van der Waals surface area (Å²) in [7, 11) is 0. The highest BCUT2D eigenvalue weighted by Gasteiger charge is 2.36. The number of rotatable bonds is 6. The molecule has 1 aliphatic heterocycles. The molecule has 1 aromatic carbocycles. The zero-order valence-corrected chi connectivity index (χ0v) is 13.1. The van der Waals surface area contributed by atoms with Crippen LogP contribution in [0.4, 0.5) is 0 Å². The van der Waals surface area contributed by atoms with E-state index in [1.54, 1.807) is 17.2 Å². The van der Waals surface area contributed by atoms with E-state index in [0.29, 0.717) is 25.9 Å². The van der Waals surface area contributed by atoms with Crippen LogP contribution in [-0.2, 0) is 27.4 Å². The normalized spacial score (nSPS) is 20.0. The molecule has 1 aliphatic rings. The zero-order chi connectivity index (χ0) is 16.9. The van der Waals surface area contributed by atoms with E-state index in [1.807, 2.05) is 30.3 Å². The van der Waals surface area contributed by atoms with Crippen molar-refractivity contribution in [1.29, 1.82) is 0 Å². The molecule has 2 aromatic rings. The van der Waals surface area contributed by atoms with Gasteiger partial charge >= 0.3 is 5.97 Å². The SMILES string of the molecule is O=C(O)[C@H]1CC[C@@H](C(=O)N(Cc2ccccc2)Cc2ccn[nH]2)O1. The summed E-state index contributed by atoms with van der Waals surface area (Å²) in [5.74, 6) is -1.22. The monoisotopic (exact) mass is 329 g/mol. The molecule has 0 aliphatic carbocycles. The molecule has 126 valence electrons. The molecule has 2 heterocycles. The fourth-order valence-electron chi connectivity index (χ4n) is 2.80. The van der Waals surface area contributed by atoms with Gasteiger partial charge in [0.25, 0.3) is 5.91 Å². The molecule has 0 radical (unpaired) electrons. The molecule has 2 atom stereocenters. The molecule has 1 fully saturated rings. The van der Waals surface area contributed by atoms with Gasteiger partial charge in [0.15, 0.2) is 6.10 Å². The van der Waals surface area contributed by atoms with Crippen molar-refractivity contribution in [1.82, 2.24) is 15.1 Å². The fourth-order valence-corrected chi connectivity index (χ4v) is 2.80. The molecule has 24 heavy (non-hydrogen) atoms. The Morgan fingerprint density at radius 1 is 1.17 bits per heavy atom. The number of amides is 1. The second-order valence-electron chi connectivity index (χ2n) is 5.79. The standard InChI is InChI=1S/C17H19N3O4/c21-16(14-6-7-15(24-14)17(22)23)20(11-13-8-9-18-19-13)10-12-4-2-1-3-5-12/h1-5,8-9,14-15H,6-7,10-11H2,(H,18,19)(H,22,23)/t14-,15+/m0/s1. The molecule has 1 amide bonds. The first-order valence-corrected chi connectivity index (χ1v) is 7.82. The van der Waals surface area contributed by atoms with Crippen molar-refractivity contribution in [3.63, 3.8) is 0 Å². The van der Waals surface area contributed by atoms with Gasteiger partial charge in [0.2, 0.25) is 0 Å². The summed E-state index contributed by atoms with van der Waals surface area (Å²) in [6.45, 7) is 0.793. The van der Waals surface area contributed by atoms with Gasteiger partial charge in [0, 0.05) is 12.7 Å². The number of H-pyrrole nitrogens is 1. The molecule has 1 saturated heterocycles. The molecule has 2 N–H and O–H groups in total. The van der Waals surface area contributed by atoms with Crippen LogP contribution in [0.15, 0.2) is 42.6 Å². The summed E-state index contributed by atoms with van der Waals surface area (Å²) >= 11 is 0. The van der Waals surface area contributed by atoms with Crippen LogP contribution < -0.4 is 0 Å². The maximum atomic E-state index is 12.8. The van der Waals surface area contributed by atoms with Crippen LogP contribution in [0.1, 0.15) is 24.1 Å². The van der Waals surface area contributed by atoms with E-state index in [-0.39, 0.29) is 5.91 Å². The maximum Gasteiger partial charge on any atom is 0.332 e.